The van der Waals surface area contributed by atoms with Crippen molar-refractivity contribution < 1.29 is 0 Å². The van der Waals surface area contributed by atoms with Crippen molar-refractivity contribution >= 4 is 21.6 Å². The molecule has 0 aliphatic rings. The Hall–Kier alpha value is -1.00. The first kappa shape index (κ1) is 14.4. The molecule has 0 aromatic carbocycles. The molecule has 0 aliphatic heterocycles. The van der Waals surface area contributed by atoms with Gasteiger partial charge in [0.05, 0.1) is 11.4 Å². The molecule has 0 bridgehead atoms. The van der Waals surface area contributed by atoms with E-state index >= 15 is 0 Å². The van der Waals surface area contributed by atoms with Crippen LogP contribution < -0.4 is 0 Å². The van der Waals surface area contributed by atoms with Crippen LogP contribution in [0.15, 0.2) is 36.7 Å². The van der Waals surface area contributed by atoms with Gasteiger partial charge in [0, 0.05) is 18.1 Å². The summed E-state index contributed by atoms with van der Waals surface area (Å²) in [5.74, 6) is 1.20. The molecule has 0 amide bonds. The van der Waals surface area contributed by atoms with Crippen LogP contribution in [0.3, 0.4) is 0 Å². The smallest absolute Gasteiger partial charge is 0.0886 e. The third kappa shape index (κ3) is 4.55. The molecule has 0 atom stereocenters. The second-order valence-corrected chi connectivity index (χ2v) is 7.05. The van der Waals surface area contributed by atoms with Crippen LogP contribution in [0, 0.1) is 6.92 Å². The average molecular weight is 290 g/mol. The van der Waals surface area contributed by atoms with Gasteiger partial charge in [0.1, 0.15) is 0 Å². The molecule has 0 spiro atoms. The van der Waals surface area contributed by atoms with E-state index in [-0.39, 0.29) is 0 Å². The second kappa shape index (κ2) is 7.56. The second-order valence-electron chi connectivity index (χ2n) is 4.36. The van der Waals surface area contributed by atoms with Gasteiger partial charge < -0.3 is 0 Å². The summed E-state index contributed by atoms with van der Waals surface area (Å²) in [6.07, 6.45) is 8.28. The average Bonchev–Trinajstić information content (AvgIpc) is 2.45. The lowest BCUT2D eigenvalue weighted by molar-refractivity contribution is 0.927. The van der Waals surface area contributed by atoms with Gasteiger partial charge in [0.25, 0.3) is 0 Å². The Morgan fingerprint density at radius 3 is 2.32 bits per heavy atom. The van der Waals surface area contributed by atoms with Crippen molar-refractivity contribution in [2.24, 2.45) is 0 Å². The quantitative estimate of drug-likeness (QED) is 0.582. The zero-order valence-electron chi connectivity index (χ0n) is 11.3. The Bertz CT molecular complexity index is 495. The molecular weight excluding hydrogens is 272 g/mol. The molecule has 100 valence electrons. The Balaban J connectivity index is 1.96. The van der Waals surface area contributed by atoms with E-state index in [0.29, 0.717) is 0 Å². The largest absolute Gasteiger partial charge is 0.254 e. The van der Waals surface area contributed by atoms with Crippen molar-refractivity contribution in [1.82, 2.24) is 9.97 Å². The van der Waals surface area contributed by atoms with Crippen LogP contribution in [0.25, 0.3) is 11.4 Å². The topological polar surface area (TPSA) is 25.8 Å². The van der Waals surface area contributed by atoms with Crippen LogP contribution in [-0.2, 0) is 6.42 Å². The predicted octanol–water partition coefficient (Wildman–Crippen LogP) is 4.40. The van der Waals surface area contributed by atoms with E-state index in [1.54, 1.807) is 0 Å². The van der Waals surface area contributed by atoms with Crippen molar-refractivity contribution in [3.63, 3.8) is 0 Å². The molecular formula is C15H18N2S2. The maximum absolute atomic E-state index is 4.50. The van der Waals surface area contributed by atoms with Crippen LogP contribution in [0.1, 0.15) is 17.5 Å². The molecule has 2 heterocycles. The molecule has 4 heteroatoms. The summed E-state index contributed by atoms with van der Waals surface area (Å²) in [6, 6.07) is 8.31. The van der Waals surface area contributed by atoms with Gasteiger partial charge in [-0.2, -0.15) is 0 Å². The van der Waals surface area contributed by atoms with Crippen LogP contribution in [-0.4, -0.2) is 22.0 Å². The summed E-state index contributed by atoms with van der Waals surface area (Å²) in [6.45, 7) is 2.04. The van der Waals surface area contributed by atoms with E-state index in [1.807, 2.05) is 47.0 Å². The van der Waals surface area contributed by atoms with Crippen LogP contribution in [0.4, 0.5) is 0 Å². The van der Waals surface area contributed by atoms with E-state index in [1.165, 1.54) is 23.3 Å². The molecule has 2 nitrogen and oxygen atoms in total. The minimum absolute atomic E-state index is 0.940. The molecule has 0 saturated carbocycles. The summed E-state index contributed by atoms with van der Waals surface area (Å²) < 4.78 is 0. The summed E-state index contributed by atoms with van der Waals surface area (Å²) >= 11 is 0. The number of aryl methyl sites for hydroxylation is 2. The molecule has 0 radical (unpaired) electrons. The number of hydrogen-bond donors (Lipinski definition) is 0. The van der Waals surface area contributed by atoms with E-state index in [4.69, 9.17) is 0 Å². The lowest BCUT2D eigenvalue weighted by atomic mass is 10.1. The summed E-state index contributed by atoms with van der Waals surface area (Å²) in [5.41, 5.74) is 4.36. The summed E-state index contributed by atoms with van der Waals surface area (Å²) in [4.78, 5) is 8.90. The van der Waals surface area contributed by atoms with E-state index in [9.17, 15) is 0 Å². The van der Waals surface area contributed by atoms with Gasteiger partial charge in [0.15, 0.2) is 0 Å². The third-order valence-electron chi connectivity index (χ3n) is 2.81. The van der Waals surface area contributed by atoms with Crippen molar-refractivity contribution in [2.75, 3.05) is 12.0 Å². The maximum Gasteiger partial charge on any atom is 0.0886 e. The summed E-state index contributed by atoms with van der Waals surface area (Å²) in [7, 11) is 3.75. The summed E-state index contributed by atoms with van der Waals surface area (Å²) in [5, 5.41) is 0. The fourth-order valence-electron chi connectivity index (χ4n) is 1.76. The van der Waals surface area contributed by atoms with Gasteiger partial charge in [-0.3, -0.25) is 9.97 Å². The molecule has 2 aromatic heterocycles. The van der Waals surface area contributed by atoms with Crippen LogP contribution >= 0.6 is 21.6 Å². The Labute approximate surface area is 122 Å². The predicted molar refractivity (Wildman–Crippen MR) is 86.5 cm³/mol. The monoisotopic (exact) mass is 290 g/mol. The molecule has 0 N–H and O–H groups in total. The lowest BCUT2D eigenvalue weighted by Crippen LogP contribution is -1.91. The molecule has 2 aromatic rings. The van der Waals surface area contributed by atoms with Crippen molar-refractivity contribution in [3.8, 4) is 11.4 Å². The van der Waals surface area contributed by atoms with E-state index < -0.39 is 0 Å². The molecule has 2 rings (SSSR count). The highest BCUT2D eigenvalue weighted by Crippen LogP contribution is 2.19. The van der Waals surface area contributed by atoms with E-state index in [0.717, 1.165) is 17.8 Å². The number of pyridine rings is 2. The van der Waals surface area contributed by atoms with Crippen molar-refractivity contribution in [2.45, 2.75) is 19.8 Å². The number of rotatable bonds is 6. The van der Waals surface area contributed by atoms with E-state index in [2.05, 4.69) is 34.4 Å². The van der Waals surface area contributed by atoms with Crippen LogP contribution in [0.2, 0.25) is 0 Å². The highest BCUT2D eigenvalue weighted by molar-refractivity contribution is 8.76. The molecule has 19 heavy (non-hydrogen) atoms. The molecule has 0 aliphatic carbocycles. The zero-order valence-corrected chi connectivity index (χ0v) is 12.9. The fourth-order valence-corrected chi connectivity index (χ4v) is 3.04. The normalized spacial score (nSPS) is 10.6. The van der Waals surface area contributed by atoms with Gasteiger partial charge in [-0.15, -0.1) is 0 Å². The van der Waals surface area contributed by atoms with Crippen LogP contribution in [0.5, 0.6) is 0 Å². The number of aromatic nitrogens is 2. The standard InChI is InChI=1S/C15H18N2S2/c1-12-5-7-14(16-10-12)15-8-6-13(11-17-15)4-3-9-19-18-2/h5-8,10-11H,3-4,9H2,1-2H3. The first-order valence-electron chi connectivity index (χ1n) is 6.33. The minimum Gasteiger partial charge on any atom is -0.254 e. The van der Waals surface area contributed by atoms with Gasteiger partial charge >= 0.3 is 0 Å². The van der Waals surface area contributed by atoms with Gasteiger partial charge in [-0.25, -0.2) is 0 Å². The minimum atomic E-state index is 0.940. The fraction of sp³-hybridized carbons (Fsp3) is 0.333. The molecule has 0 unspecified atom stereocenters. The zero-order chi connectivity index (χ0) is 13.5. The molecule has 0 saturated heterocycles. The van der Waals surface area contributed by atoms with Gasteiger partial charge in [-0.1, -0.05) is 33.7 Å². The van der Waals surface area contributed by atoms with Gasteiger partial charge in [0.2, 0.25) is 0 Å². The Morgan fingerprint density at radius 1 is 1.00 bits per heavy atom. The SMILES string of the molecule is CSSCCCc1ccc(-c2ccc(C)cn2)nc1. The Morgan fingerprint density at radius 2 is 1.74 bits per heavy atom. The maximum atomic E-state index is 4.50. The third-order valence-corrected chi connectivity index (χ3v) is 4.71. The number of nitrogens with zero attached hydrogens (tertiary/aromatic N) is 2. The first-order valence-corrected chi connectivity index (χ1v) is 9.06. The first-order chi connectivity index (χ1) is 9.29. The van der Waals surface area contributed by atoms with Crippen molar-refractivity contribution in [1.29, 1.82) is 0 Å². The Kier molecular flexibility index (Phi) is 5.73. The highest BCUT2D eigenvalue weighted by Gasteiger charge is 2.01. The molecule has 0 fully saturated rings. The number of hydrogen-bond acceptors (Lipinski definition) is 4. The lowest BCUT2D eigenvalue weighted by Gasteiger charge is -2.03. The van der Waals surface area contributed by atoms with Crippen molar-refractivity contribution in [3.05, 3.63) is 47.8 Å². The van der Waals surface area contributed by atoms with Gasteiger partial charge in [-0.05, 0) is 49.3 Å². The highest BCUT2D eigenvalue weighted by atomic mass is 33.1.